The van der Waals surface area contributed by atoms with E-state index in [0.29, 0.717) is 5.92 Å². The van der Waals surface area contributed by atoms with Gasteiger partial charge in [-0.05, 0) is 24.0 Å². The maximum atomic E-state index is 4.70. The molecule has 1 aromatic heterocycles. The Bertz CT molecular complexity index is 675. The largest absolute Gasteiger partial charge is 0.249 e. The highest BCUT2D eigenvalue weighted by atomic mass is 32.1. The van der Waals surface area contributed by atoms with Gasteiger partial charge >= 0.3 is 0 Å². The summed E-state index contributed by atoms with van der Waals surface area (Å²) in [5.74, 6) is 0.398. The van der Waals surface area contributed by atoms with Crippen LogP contribution >= 0.6 is 11.3 Å². The van der Waals surface area contributed by atoms with Crippen molar-refractivity contribution >= 4 is 11.3 Å². The van der Waals surface area contributed by atoms with Crippen LogP contribution < -0.4 is 0 Å². The molecule has 1 fully saturated rings. The average molecular weight is 305 g/mol. The van der Waals surface area contributed by atoms with Crippen molar-refractivity contribution in [2.24, 2.45) is 0 Å². The van der Waals surface area contributed by atoms with Crippen LogP contribution in [0.3, 0.4) is 0 Å². The van der Waals surface area contributed by atoms with Crippen LogP contribution in [0.1, 0.15) is 41.3 Å². The van der Waals surface area contributed by atoms with Crippen LogP contribution in [0.2, 0.25) is 0 Å². The lowest BCUT2D eigenvalue weighted by Gasteiger charge is -2.47. The number of hydrogen-bond acceptors (Lipinski definition) is 2. The third-order valence-corrected chi connectivity index (χ3v) is 5.92. The molecule has 1 aliphatic carbocycles. The lowest BCUT2D eigenvalue weighted by atomic mass is 9.58. The molecular formula is C20H19NS. The van der Waals surface area contributed by atoms with E-state index in [4.69, 9.17) is 4.98 Å². The maximum Gasteiger partial charge on any atom is 0.0996 e. The highest BCUT2D eigenvalue weighted by molar-refractivity contribution is 7.09. The minimum absolute atomic E-state index is 0.177. The second kappa shape index (κ2) is 5.69. The summed E-state index contributed by atoms with van der Waals surface area (Å²) in [4.78, 5) is 4.70. The normalized spacial score (nSPS) is 16.4. The molecule has 2 heteroatoms. The lowest BCUT2D eigenvalue weighted by Crippen LogP contribution is -2.41. The third kappa shape index (κ3) is 2.19. The highest BCUT2D eigenvalue weighted by Gasteiger charge is 2.48. The van der Waals surface area contributed by atoms with Crippen LogP contribution in [-0.4, -0.2) is 4.98 Å². The van der Waals surface area contributed by atoms with Gasteiger partial charge < -0.3 is 0 Å². The second-order valence-electron chi connectivity index (χ2n) is 6.10. The minimum Gasteiger partial charge on any atom is -0.249 e. The van der Waals surface area contributed by atoms with Gasteiger partial charge in [-0.3, -0.25) is 0 Å². The van der Waals surface area contributed by atoms with Gasteiger partial charge in [-0.2, -0.15) is 0 Å². The van der Waals surface area contributed by atoms with Gasteiger partial charge in [0, 0.05) is 22.9 Å². The molecule has 0 amide bonds. The van der Waals surface area contributed by atoms with Crippen molar-refractivity contribution in [3.05, 3.63) is 88.4 Å². The molecule has 1 nitrogen and oxygen atoms in total. The first-order valence-electron chi connectivity index (χ1n) is 7.90. The van der Waals surface area contributed by atoms with Gasteiger partial charge in [0.15, 0.2) is 0 Å². The molecule has 110 valence electrons. The Labute approximate surface area is 135 Å². The first-order chi connectivity index (χ1) is 10.9. The van der Waals surface area contributed by atoms with E-state index in [1.807, 2.05) is 17.5 Å². The molecular weight excluding hydrogens is 286 g/mol. The molecule has 1 saturated carbocycles. The first kappa shape index (κ1) is 13.7. The topological polar surface area (TPSA) is 12.9 Å². The summed E-state index contributed by atoms with van der Waals surface area (Å²) >= 11 is 1.81. The summed E-state index contributed by atoms with van der Waals surface area (Å²) in [7, 11) is 0. The van der Waals surface area contributed by atoms with E-state index in [1.54, 1.807) is 0 Å². The molecule has 0 unspecified atom stereocenters. The first-order valence-corrected chi connectivity index (χ1v) is 8.78. The van der Waals surface area contributed by atoms with Crippen LogP contribution in [0, 0.1) is 0 Å². The van der Waals surface area contributed by atoms with Crippen molar-refractivity contribution in [1.29, 1.82) is 0 Å². The molecule has 3 aromatic rings. The van der Waals surface area contributed by atoms with E-state index in [-0.39, 0.29) is 5.41 Å². The van der Waals surface area contributed by atoms with E-state index in [2.05, 4.69) is 66.0 Å². The Hall–Kier alpha value is -1.93. The van der Waals surface area contributed by atoms with Crippen molar-refractivity contribution in [3.63, 3.8) is 0 Å². The fourth-order valence-corrected chi connectivity index (χ4v) is 4.70. The number of benzene rings is 2. The van der Waals surface area contributed by atoms with Crippen molar-refractivity contribution in [3.8, 4) is 0 Å². The van der Waals surface area contributed by atoms with Gasteiger partial charge in [0.05, 0.1) is 5.01 Å². The summed E-state index contributed by atoms with van der Waals surface area (Å²) in [6.45, 7) is 0. The quantitative estimate of drug-likeness (QED) is 0.629. The van der Waals surface area contributed by atoms with Crippen molar-refractivity contribution < 1.29 is 0 Å². The van der Waals surface area contributed by atoms with Crippen LogP contribution in [0.15, 0.2) is 72.2 Å². The number of thiazole rings is 1. The Balaban J connectivity index is 1.88. The number of rotatable bonds is 4. The van der Waals surface area contributed by atoms with E-state index in [0.717, 1.165) is 0 Å². The predicted molar refractivity (Wildman–Crippen MR) is 92.4 cm³/mol. The molecule has 0 saturated heterocycles. The summed E-state index contributed by atoms with van der Waals surface area (Å²) in [5, 5.41) is 3.42. The molecule has 1 aliphatic rings. The number of nitrogens with zero attached hydrogens (tertiary/aromatic N) is 1. The molecule has 0 radical (unpaired) electrons. The van der Waals surface area contributed by atoms with Crippen LogP contribution in [0.25, 0.3) is 0 Å². The standard InChI is InChI=1S/C20H19NS/c1-3-8-16(9-4-1)18(17-10-5-2-6-11-17)20(12-7-13-20)19-21-14-15-22-19/h1-6,8-11,14-15,18H,7,12-13H2. The fraction of sp³-hybridized carbons (Fsp3) is 0.250. The zero-order valence-electron chi connectivity index (χ0n) is 12.5. The molecule has 4 rings (SSSR count). The van der Waals surface area contributed by atoms with E-state index in [9.17, 15) is 0 Å². The lowest BCUT2D eigenvalue weighted by molar-refractivity contribution is 0.213. The summed E-state index contributed by atoms with van der Waals surface area (Å²) in [6, 6.07) is 21.9. The summed E-state index contributed by atoms with van der Waals surface area (Å²) in [5.41, 5.74) is 2.99. The summed E-state index contributed by atoms with van der Waals surface area (Å²) < 4.78 is 0. The van der Waals surface area contributed by atoms with E-state index in [1.165, 1.54) is 35.4 Å². The van der Waals surface area contributed by atoms with Crippen molar-refractivity contribution in [2.75, 3.05) is 0 Å². The highest BCUT2D eigenvalue weighted by Crippen LogP contribution is 2.56. The Kier molecular flexibility index (Phi) is 3.55. The third-order valence-electron chi connectivity index (χ3n) is 4.92. The molecule has 0 atom stereocenters. The second-order valence-corrected chi connectivity index (χ2v) is 7.00. The van der Waals surface area contributed by atoms with Crippen LogP contribution in [0.4, 0.5) is 0 Å². The molecule has 0 bridgehead atoms. The smallest absolute Gasteiger partial charge is 0.0996 e. The molecule has 2 aromatic carbocycles. The number of hydrogen-bond donors (Lipinski definition) is 0. The minimum atomic E-state index is 0.177. The van der Waals surface area contributed by atoms with Gasteiger partial charge in [0.25, 0.3) is 0 Å². The average Bonchev–Trinajstić information content (AvgIpc) is 3.07. The van der Waals surface area contributed by atoms with Gasteiger partial charge in [-0.1, -0.05) is 67.1 Å². The van der Waals surface area contributed by atoms with E-state index >= 15 is 0 Å². The van der Waals surface area contributed by atoms with Crippen molar-refractivity contribution in [1.82, 2.24) is 4.98 Å². The van der Waals surface area contributed by atoms with E-state index < -0.39 is 0 Å². The van der Waals surface area contributed by atoms with Gasteiger partial charge in [-0.15, -0.1) is 11.3 Å². The number of aromatic nitrogens is 1. The molecule has 22 heavy (non-hydrogen) atoms. The maximum absolute atomic E-state index is 4.70. The van der Waals surface area contributed by atoms with Gasteiger partial charge in [-0.25, -0.2) is 4.98 Å². The molecule has 0 N–H and O–H groups in total. The monoisotopic (exact) mass is 305 g/mol. The fourth-order valence-electron chi connectivity index (χ4n) is 3.77. The molecule has 0 aliphatic heterocycles. The Morgan fingerprint density at radius 3 is 1.86 bits per heavy atom. The zero-order valence-corrected chi connectivity index (χ0v) is 13.3. The van der Waals surface area contributed by atoms with Crippen molar-refractivity contribution in [2.45, 2.75) is 30.6 Å². The SMILES string of the molecule is c1ccc(C(c2ccccc2)C2(c3nccs3)CCC2)cc1. The Morgan fingerprint density at radius 2 is 1.45 bits per heavy atom. The van der Waals surface area contributed by atoms with Crippen LogP contribution in [-0.2, 0) is 5.41 Å². The van der Waals surface area contributed by atoms with Crippen LogP contribution in [0.5, 0.6) is 0 Å². The predicted octanol–water partition coefficient (Wildman–Crippen LogP) is 5.40. The van der Waals surface area contributed by atoms with Gasteiger partial charge in [0.1, 0.15) is 0 Å². The zero-order chi connectivity index (χ0) is 14.8. The summed E-state index contributed by atoms with van der Waals surface area (Å²) in [6.07, 6.45) is 5.72. The molecule has 0 spiro atoms. The van der Waals surface area contributed by atoms with Gasteiger partial charge in [0.2, 0.25) is 0 Å². The Morgan fingerprint density at radius 1 is 0.864 bits per heavy atom. The molecule has 1 heterocycles.